The highest BCUT2D eigenvalue weighted by Crippen LogP contribution is 2.28. The monoisotopic (exact) mass is 403 g/mol. The first-order valence-corrected chi connectivity index (χ1v) is 11.2. The lowest BCUT2D eigenvalue weighted by atomic mass is 9.98. The summed E-state index contributed by atoms with van der Waals surface area (Å²) in [5.74, 6) is 1.62. The maximum absolute atomic E-state index is 12.9. The highest BCUT2D eigenvalue weighted by molar-refractivity contribution is 7.88. The van der Waals surface area contributed by atoms with Crippen molar-refractivity contribution in [1.82, 2.24) is 19.6 Å². The van der Waals surface area contributed by atoms with Crippen molar-refractivity contribution in [3.05, 3.63) is 53.5 Å². The summed E-state index contributed by atoms with van der Waals surface area (Å²) in [7, 11) is 2.42. The molecule has 1 aromatic heterocycles. The van der Waals surface area contributed by atoms with Crippen LogP contribution in [0.4, 0.5) is 5.82 Å². The quantitative estimate of drug-likeness (QED) is 0.762. The van der Waals surface area contributed by atoms with Crippen LogP contribution in [0.1, 0.15) is 35.8 Å². The second-order valence-electron chi connectivity index (χ2n) is 7.44. The van der Waals surface area contributed by atoms with E-state index in [-0.39, 0.29) is 11.7 Å². The lowest BCUT2D eigenvalue weighted by molar-refractivity contribution is 0.308. The number of hydrogen-bond donors (Lipinski definition) is 1. The molecule has 1 aliphatic rings. The molecular weight excluding hydrogens is 374 g/mol. The van der Waals surface area contributed by atoms with E-state index in [1.54, 1.807) is 4.31 Å². The van der Waals surface area contributed by atoms with E-state index in [0.717, 1.165) is 35.7 Å². The Hall–Kier alpha value is -2.03. The normalized spacial score (nSPS) is 18.2. The smallest absolute Gasteiger partial charge is 0.218 e. The molecule has 2 heterocycles. The van der Waals surface area contributed by atoms with E-state index in [1.807, 2.05) is 62.4 Å². The Kier molecular flexibility index (Phi) is 6.64. The fourth-order valence-corrected chi connectivity index (χ4v) is 5.08. The molecule has 3 rings (SSSR count). The maximum atomic E-state index is 12.9. The van der Waals surface area contributed by atoms with Crippen LogP contribution in [0.15, 0.2) is 36.4 Å². The molecule has 28 heavy (non-hydrogen) atoms. The van der Waals surface area contributed by atoms with E-state index in [1.165, 1.54) is 0 Å². The number of nitrogens with one attached hydrogen (secondary N) is 1. The van der Waals surface area contributed by atoms with E-state index in [2.05, 4.69) is 5.32 Å². The van der Waals surface area contributed by atoms with Crippen molar-refractivity contribution in [3.63, 3.8) is 0 Å². The standard InChI is InChI=1S/C20H29N5O2S/c1-21-13-18-12-19(24(2)3)23-20(22-18)17-10-7-11-25(14-17)28(26,27)15-16-8-5-4-6-9-16/h4-6,8-9,12,17,21H,7,10-11,13-15H2,1-3H3. The molecule has 0 spiro atoms. The molecule has 2 aromatic rings. The van der Waals surface area contributed by atoms with Gasteiger partial charge in [-0.15, -0.1) is 0 Å². The third kappa shape index (κ3) is 5.06. The first kappa shape index (κ1) is 20.7. The predicted molar refractivity (Wildman–Crippen MR) is 112 cm³/mol. The average Bonchev–Trinajstić information content (AvgIpc) is 2.68. The fourth-order valence-electron chi connectivity index (χ4n) is 3.47. The molecule has 1 atom stereocenters. The van der Waals surface area contributed by atoms with Crippen molar-refractivity contribution in [1.29, 1.82) is 0 Å². The highest BCUT2D eigenvalue weighted by Gasteiger charge is 2.31. The number of sulfonamides is 1. The second-order valence-corrected chi connectivity index (χ2v) is 9.41. The van der Waals surface area contributed by atoms with Crippen molar-refractivity contribution < 1.29 is 8.42 Å². The molecular formula is C20H29N5O2S. The number of nitrogens with zero attached hydrogens (tertiary/aromatic N) is 4. The number of rotatable bonds is 7. The van der Waals surface area contributed by atoms with E-state index < -0.39 is 10.0 Å². The number of piperidine rings is 1. The zero-order valence-electron chi connectivity index (χ0n) is 16.8. The molecule has 1 N–H and O–H groups in total. The van der Waals surface area contributed by atoms with Gasteiger partial charge < -0.3 is 10.2 Å². The number of benzene rings is 1. The van der Waals surface area contributed by atoms with Gasteiger partial charge in [-0.25, -0.2) is 22.7 Å². The van der Waals surface area contributed by atoms with Gasteiger partial charge in [-0.05, 0) is 25.5 Å². The van der Waals surface area contributed by atoms with Gasteiger partial charge in [0.25, 0.3) is 0 Å². The maximum Gasteiger partial charge on any atom is 0.218 e. The molecule has 1 fully saturated rings. The fraction of sp³-hybridized carbons (Fsp3) is 0.500. The molecule has 1 aromatic carbocycles. The largest absolute Gasteiger partial charge is 0.363 e. The second kappa shape index (κ2) is 8.98. The van der Waals surface area contributed by atoms with E-state index in [0.29, 0.717) is 19.6 Å². The van der Waals surface area contributed by atoms with Crippen LogP contribution in [0.5, 0.6) is 0 Å². The van der Waals surface area contributed by atoms with Gasteiger partial charge in [0.05, 0.1) is 11.4 Å². The van der Waals surface area contributed by atoms with E-state index in [4.69, 9.17) is 9.97 Å². The molecule has 0 amide bonds. The first-order chi connectivity index (χ1) is 13.4. The molecule has 1 unspecified atom stereocenters. The zero-order chi connectivity index (χ0) is 20.1. The van der Waals surface area contributed by atoms with Gasteiger partial charge in [0.1, 0.15) is 11.6 Å². The predicted octanol–water partition coefficient (Wildman–Crippen LogP) is 1.97. The van der Waals surface area contributed by atoms with Crippen LogP contribution in [-0.4, -0.2) is 56.9 Å². The molecule has 0 saturated carbocycles. The van der Waals surface area contributed by atoms with Crippen molar-refractivity contribution in [3.8, 4) is 0 Å². The minimum absolute atomic E-state index is 0.00908. The molecule has 0 radical (unpaired) electrons. The summed E-state index contributed by atoms with van der Waals surface area (Å²) in [4.78, 5) is 11.4. The minimum atomic E-state index is -3.37. The van der Waals surface area contributed by atoms with Gasteiger partial charge in [-0.1, -0.05) is 30.3 Å². The van der Waals surface area contributed by atoms with Crippen LogP contribution in [0.3, 0.4) is 0 Å². The highest BCUT2D eigenvalue weighted by atomic mass is 32.2. The summed E-state index contributed by atoms with van der Waals surface area (Å²) in [6, 6.07) is 11.3. The number of anilines is 1. The van der Waals surface area contributed by atoms with Crippen molar-refractivity contribution >= 4 is 15.8 Å². The lowest BCUT2D eigenvalue weighted by Gasteiger charge is -2.31. The summed E-state index contributed by atoms with van der Waals surface area (Å²) >= 11 is 0. The van der Waals surface area contributed by atoms with Gasteiger partial charge in [0.15, 0.2) is 0 Å². The molecule has 152 valence electrons. The number of aromatic nitrogens is 2. The summed E-state index contributed by atoms with van der Waals surface area (Å²) in [6.45, 7) is 1.65. The zero-order valence-corrected chi connectivity index (χ0v) is 17.6. The molecule has 1 aliphatic heterocycles. The summed E-state index contributed by atoms with van der Waals surface area (Å²) in [5.41, 5.74) is 1.73. The Labute approximate surface area is 167 Å². The van der Waals surface area contributed by atoms with Crippen LogP contribution in [0.25, 0.3) is 0 Å². The van der Waals surface area contributed by atoms with Crippen LogP contribution >= 0.6 is 0 Å². The Morgan fingerprint density at radius 2 is 1.96 bits per heavy atom. The first-order valence-electron chi connectivity index (χ1n) is 9.60. The van der Waals surface area contributed by atoms with Crippen molar-refractivity contribution in [2.24, 2.45) is 0 Å². The molecule has 8 heteroatoms. The topological polar surface area (TPSA) is 78.4 Å². The van der Waals surface area contributed by atoms with Crippen molar-refractivity contribution in [2.45, 2.75) is 31.1 Å². The molecule has 0 bridgehead atoms. The van der Waals surface area contributed by atoms with E-state index >= 15 is 0 Å². The van der Waals surface area contributed by atoms with Crippen LogP contribution in [0, 0.1) is 0 Å². The van der Waals surface area contributed by atoms with Gasteiger partial charge in [0, 0.05) is 45.7 Å². The summed E-state index contributed by atoms with van der Waals surface area (Å²) in [5, 5.41) is 3.13. The van der Waals surface area contributed by atoms with Gasteiger partial charge in [0.2, 0.25) is 10.0 Å². The minimum Gasteiger partial charge on any atom is -0.363 e. The third-order valence-corrected chi connectivity index (χ3v) is 6.75. The molecule has 0 aliphatic carbocycles. The number of hydrogen-bond acceptors (Lipinski definition) is 6. The van der Waals surface area contributed by atoms with E-state index in [9.17, 15) is 8.42 Å². The van der Waals surface area contributed by atoms with Crippen LogP contribution < -0.4 is 10.2 Å². The lowest BCUT2D eigenvalue weighted by Crippen LogP contribution is -2.40. The van der Waals surface area contributed by atoms with Crippen LogP contribution in [0.2, 0.25) is 0 Å². The Morgan fingerprint density at radius 1 is 1.21 bits per heavy atom. The van der Waals surface area contributed by atoms with Crippen molar-refractivity contribution in [2.75, 3.05) is 39.1 Å². The van der Waals surface area contributed by atoms with Crippen LogP contribution in [-0.2, 0) is 22.3 Å². The molecule has 7 nitrogen and oxygen atoms in total. The van der Waals surface area contributed by atoms with Gasteiger partial charge >= 0.3 is 0 Å². The summed E-state index contributed by atoms with van der Waals surface area (Å²) in [6.07, 6.45) is 1.71. The Morgan fingerprint density at radius 3 is 2.64 bits per heavy atom. The molecule has 1 saturated heterocycles. The third-order valence-electron chi connectivity index (χ3n) is 4.93. The van der Waals surface area contributed by atoms with Gasteiger partial charge in [-0.3, -0.25) is 0 Å². The average molecular weight is 404 g/mol. The SMILES string of the molecule is CNCc1cc(N(C)C)nc(C2CCCN(S(=O)(=O)Cc3ccccc3)C2)n1. The van der Waals surface area contributed by atoms with Gasteiger partial charge in [-0.2, -0.15) is 0 Å². The Balaban J connectivity index is 1.81. The summed E-state index contributed by atoms with van der Waals surface area (Å²) < 4.78 is 27.5. The Bertz CT molecular complexity index is 887.